The molecule has 0 spiro atoms. The van der Waals surface area contributed by atoms with Gasteiger partial charge in [-0.3, -0.25) is 5.32 Å². The molecule has 1 N–H and O–H groups in total. The number of hydrogen-bond donors (Lipinski definition) is 1. The van der Waals surface area contributed by atoms with Crippen LogP contribution in [0.1, 0.15) is 10.6 Å². The minimum Gasteiger partial charge on any atom is -0.410 e. The first-order chi connectivity index (χ1) is 14.1. The summed E-state index contributed by atoms with van der Waals surface area (Å²) in [4.78, 5) is 23.0. The molecule has 1 aromatic carbocycles. The van der Waals surface area contributed by atoms with Crippen molar-refractivity contribution >= 4 is 34.0 Å². The van der Waals surface area contributed by atoms with Crippen LogP contribution in [0, 0.1) is 11.8 Å². The van der Waals surface area contributed by atoms with E-state index in [1.807, 2.05) is 37.2 Å². The lowest BCUT2D eigenvalue weighted by molar-refractivity contribution is 0.215. The van der Waals surface area contributed by atoms with Crippen LogP contribution in [-0.2, 0) is 0 Å². The van der Waals surface area contributed by atoms with Gasteiger partial charge >= 0.3 is 6.09 Å². The van der Waals surface area contributed by atoms with E-state index in [-0.39, 0.29) is 0 Å². The van der Waals surface area contributed by atoms with E-state index in [0.29, 0.717) is 21.5 Å². The third-order valence-corrected chi connectivity index (χ3v) is 4.62. The number of hydrogen-bond acceptors (Lipinski definition) is 7. The molecule has 0 fully saturated rings. The van der Waals surface area contributed by atoms with Crippen LogP contribution in [0.2, 0.25) is 0 Å². The van der Waals surface area contributed by atoms with Crippen molar-refractivity contribution in [3.8, 4) is 17.6 Å². The second-order valence-corrected chi connectivity index (χ2v) is 7.14. The van der Waals surface area contributed by atoms with Gasteiger partial charge in [0.05, 0.1) is 17.3 Å². The van der Waals surface area contributed by atoms with Crippen molar-refractivity contribution in [1.29, 1.82) is 0 Å². The number of rotatable bonds is 3. The van der Waals surface area contributed by atoms with E-state index in [0.717, 1.165) is 11.5 Å². The first-order valence-corrected chi connectivity index (χ1v) is 9.44. The molecule has 3 heterocycles. The number of nitrogens with zero attached hydrogens (tertiary/aromatic N) is 5. The molecule has 0 atom stereocenters. The normalized spacial score (nSPS) is 10.3. The Hall–Kier alpha value is -3.90. The molecule has 0 aliphatic rings. The van der Waals surface area contributed by atoms with Gasteiger partial charge in [0.1, 0.15) is 17.3 Å². The number of aromatic nitrogens is 4. The zero-order valence-corrected chi connectivity index (χ0v) is 16.5. The molecule has 1 amide bonds. The van der Waals surface area contributed by atoms with E-state index in [1.54, 1.807) is 41.2 Å². The molecule has 29 heavy (non-hydrogen) atoms. The van der Waals surface area contributed by atoms with E-state index in [2.05, 4.69) is 32.2 Å². The number of carbonyl (C=O) groups excluding carboxylic acids is 1. The lowest BCUT2D eigenvalue weighted by Gasteiger charge is -2.10. The summed E-state index contributed by atoms with van der Waals surface area (Å²) in [5.74, 6) is 7.35. The summed E-state index contributed by atoms with van der Waals surface area (Å²) in [6.45, 7) is 0. The van der Waals surface area contributed by atoms with Crippen molar-refractivity contribution < 1.29 is 9.53 Å². The maximum absolute atomic E-state index is 11.9. The van der Waals surface area contributed by atoms with Crippen LogP contribution in [0.5, 0.6) is 5.75 Å². The van der Waals surface area contributed by atoms with Gasteiger partial charge in [-0.1, -0.05) is 29.5 Å². The molecule has 0 saturated carbocycles. The number of anilines is 2. The highest BCUT2D eigenvalue weighted by Gasteiger charge is 2.08. The van der Waals surface area contributed by atoms with Crippen molar-refractivity contribution in [2.45, 2.75) is 0 Å². The van der Waals surface area contributed by atoms with Crippen molar-refractivity contribution in [2.24, 2.45) is 0 Å². The molecule has 4 aromatic rings. The number of carbonyl (C=O) groups is 1. The first kappa shape index (κ1) is 18.5. The molecule has 4 rings (SSSR count). The van der Waals surface area contributed by atoms with Crippen LogP contribution < -0.4 is 15.0 Å². The Kier molecular flexibility index (Phi) is 5.09. The second kappa shape index (κ2) is 8.00. The summed E-state index contributed by atoms with van der Waals surface area (Å²) in [5, 5.41) is 7.52. The van der Waals surface area contributed by atoms with Crippen LogP contribution in [0.15, 0.2) is 54.9 Å². The van der Waals surface area contributed by atoms with E-state index >= 15 is 0 Å². The number of benzene rings is 1. The van der Waals surface area contributed by atoms with Crippen molar-refractivity contribution in [2.75, 3.05) is 24.3 Å². The molecule has 0 aliphatic heterocycles. The van der Waals surface area contributed by atoms with E-state index in [1.165, 1.54) is 11.3 Å². The van der Waals surface area contributed by atoms with E-state index in [9.17, 15) is 4.79 Å². The molecule has 0 unspecified atom stereocenters. The zero-order valence-electron chi connectivity index (χ0n) is 15.7. The van der Waals surface area contributed by atoms with Gasteiger partial charge in [0.25, 0.3) is 0 Å². The number of imidazole rings is 1. The standard InChI is InChI=1S/C20H16N6O2S/c1-25(2)18-11-10-17-21-12-14(26(17)24-18)8-9-16-13-22-19(29-16)23-20(27)28-15-6-4-3-5-7-15/h3-7,10-13H,1-2H3,(H,22,23,27). The van der Waals surface area contributed by atoms with Crippen molar-refractivity contribution in [3.63, 3.8) is 0 Å². The van der Waals surface area contributed by atoms with Gasteiger partial charge in [-0.15, -0.1) is 5.10 Å². The number of thiazole rings is 1. The molecule has 3 aromatic heterocycles. The van der Waals surface area contributed by atoms with Crippen LogP contribution >= 0.6 is 11.3 Å². The predicted octanol–water partition coefficient (Wildman–Crippen LogP) is 3.26. The molecule has 9 heteroatoms. The highest BCUT2D eigenvalue weighted by atomic mass is 32.1. The Bertz CT molecular complexity index is 1220. The van der Waals surface area contributed by atoms with E-state index < -0.39 is 6.09 Å². The van der Waals surface area contributed by atoms with Gasteiger partial charge in [-0.05, 0) is 36.1 Å². The van der Waals surface area contributed by atoms with Crippen molar-refractivity contribution in [3.05, 3.63) is 65.4 Å². The topological polar surface area (TPSA) is 84.7 Å². The van der Waals surface area contributed by atoms with Gasteiger partial charge in [0.2, 0.25) is 0 Å². The molecule has 0 saturated heterocycles. The quantitative estimate of drug-likeness (QED) is 0.528. The summed E-state index contributed by atoms with van der Waals surface area (Å²) in [6.07, 6.45) is 2.66. The molecular weight excluding hydrogens is 388 g/mol. The smallest absolute Gasteiger partial charge is 0.410 e. The maximum Gasteiger partial charge on any atom is 0.418 e. The fourth-order valence-electron chi connectivity index (χ4n) is 2.41. The van der Waals surface area contributed by atoms with Crippen LogP contribution in [0.3, 0.4) is 0 Å². The Morgan fingerprint density at radius 2 is 1.93 bits per heavy atom. The number of nitrogens with one attached hydrogen (secondary N) is 1. The largest absolute Gasteiger partial charge is 0.418 e. The first-order valence-electron chi connectivity index (χ1n) is 8.62. The molecule has 0 aliphatic carbocycles. The predicted molar refractivity (Wildman–Crippen MR) is 111 cm³/mol. The monoisotopic (exact) mass is 404 g/mol. The molecule has 0 bridgehead atoms. The van der Waals surface area contributed by atoms with Crippen LogP contribution in [0.4, 0.5) is 15.7 Å². The van der Waals surface area contributed by atoms with Crippen LogP contribution in [-0.4, -0.2) is 39.8 Å². The Morgan fingerprint density at radius 3 is 2.72 bits per heavy atom. The second-order valence-electron chi connectivity index (χ2n) is 6.11. The number of amides is 1. The van der Waals surface area contributed by atoms with Gasteiger partial charge in [0.15, 0.2) is 10.8 Å². The average Bonchev–Trinajstić information content (AvgIpc) is 3.33. The number of para-hydroxylation sites is 1. The Morgan fingerprint density at radius 1 is 1.10 bits per heavy atom. The summed E-state index contributed by atoms with van der Waals surface area (Å²) < 4.78 is 6.88. The van der Waals surface area contributed by atoms with Gasteiger partial charge < -0.3 is 9.64 Å². The summed E-state index contributed by atoms with van der Waals surface area (Å²) in [7, 11) is 3.84. The SMILES string of the molecule is CN(C)c1ccc2ncc(C#Cc3cnc(NC(=O)Oc4ccccc4)s3)n2n1. The highest BCUT2D eigenvalue weighted by Crippen LogP contribution is 2.18. The Balaban J connectivity index is 1.47. The molecule has 0 radical (unpaired) electrons. The minimum atomic E-state index is -0.604. The minimum absolute atomic E-state index is 0.404. The summed E-state index contributed by atoms with van der Waals surface area (Å²) in [5.41, 5.74) is 1.38. The van der Waals surface area contributed by atoms with Gasteiger partial charge in [-0.2, -0.15) is 0 Å². The third kappa shape index (κ3) is 4.34. The molecule has 144 valence electrons. The lowest BCUT2D eigenvalue weighted by atomic mass is 10.3. The number of fused-ring (bicyclic) bond motifs is 1. The third-order valence-electron chi connectivity index (χ3n) is 3.79. The lowest BCUT2D eigenvalue weighted by Crippen LogP contribution is -2.16. The highest BCUT2D eigenvalue weighted by molar-refractivity contribution is 7.16. The number of ether oxygens (including phenoxy) is 1. The van der Waals surface area contributed by atoms with Gasteiger partial charge in [-0.25, -0.2) is 19.3 Å². The van der Waals surface area contributed by atoms with Crippen LogP contribution in [0.25, 0.3) is 5.65 Å². The zero-order chi connectivity index (χ0) is 20.2. The maximum atomic E-state index is 11.9. The van der Waals surface area contributed by atoms with E-state index in [4.69, 9.17) is 4.74 Å². The molecule has 8 nitrogen and oxygen atoms in total. The fourth-order valence-corrected chi connectivity index (χ4v) is 3.07. The van der Waals surface area contributed by atoms with Gasteiger partial charge in [0, 0.05) is 14.1 Å². The summed E-state index contributed by atoms with van der Waals surface area (Å²) in [6, 6.07) is 12.6. The molecular formula is C20H16N6O2S. The fraction of sp³-hybridized carbons (Fsp3) is 0.100. The summed E-state index contributed by atoms with van der Waals surface area (Å²) >= 11 is 1.25. The van der Waals surface area contributed by atoms with Crippen molar-refractivity contribution in [1.82, 2.24) is 19.6 Å². The average molecular weight is 404 g/mol. The Labute approximate surface area is 170 Å².